The van der Waals surface area contributed by atoms with Crippen molar-refractivity contribution >= 4 is 48.7 Å². The van der Waals surface area contributed by atoms with E-state index >= 15 is 0 Å². The Morgan fingerprint density at radius 1 is 0.828 bits per heavy atom. The summed E-state index contributed by atoms with van der Waals surface area (Å²) in [6, 6.07) is 26.3. The first-order valence-corrected chi connectivity index (χ1v) is 12.2. The Morgan fingerprint density at radius 2 is 1.24 bits per heavy atom. The zero-order chi connectivity index (χ0) is 21.2. The summed E-state index contributed by atoms with van der Waals surface area (Å²) in [4.78, 5) is 7.00. The average Bonchev–Trinajstić information content (AvgIpc) is 2.66. The number of benzene rings is 3. The molecule has 0 radical (unpaired) electrons. The largest absolute Gasteiger partial charge is 0.741 e. The van der Waals surface area contributed by atoms with Crippen LogP contribution in [0.1, 0.15) is 0 Å². The highest BCUT2D eigenvalue weighted by Gasteiger charge is 2.38. The van der Waals surface area contributed by atoms with Crippen LogP contribution in [0.2, 0.25) is 0 Å². The van der Waals surface area contributed by atoms with Crippen molar-refractivity contribution in [3.63, 3.8) is 0 Å². The van der Waals surface area contributed by atoms with Crippen LogP contribution in [-0.4, -0.2) is 18.5 Å². The molecule has 0 fully saturated rings. The molecule has 0 bridgehead atoms. The van der Waals surface area contributed by atoms with Gasteiger partial charge in [-0.1, -0.05) is 52.0 Å². The number of rotatable bonds is 1. The first-order valence-electron chi connectivity index (χ1n) is 7.96. The van der Waals surface area contributed by atoms with Crippen molar-refractivity contribution in [2.75, 3.05) is 0 Å². The maximum Gasteiger partial charge on any atom is 0.485 e. The van der Waals surface area contributed by atoms with E-state index in [0.29, 0.717) is 0 Å². The molecular weight excluding hydrogens is 509 g/mol. The van der Waals surface area contributed by atoms with Crippen LogP contribution in [0.4, 0.5) is 13.2 Å². The van der Waals surface area contributed by atoms with Crippen molar-refractivity contribution in [3.8, 4) is 0 Å². The minimum absolute atomic E-state index is 0.00785. The lowest BCUT2D eigenvalue weighted by atomic mass is 10.3. The van der Waals surface area contributed by atoms with Crippen LogP contribution in [-0.2, 0) is 21.0 Å². The molecule has 0 aliphatic carbocycles. The van der Waals surface area contributed by atoms with E-state index in [-0.39, 0.29) is 10.9 Å². The second kappa shape index (κ2) is 8.73. The third-order valence-corrected chi connectivity index (χ3v) is 8.53. The van der Waals surface area contributed by atoms with E-state index in [4.69, 9.17) is 13.0 Å². The van der Waals surface area contributed by atoms with Gasteiger partial charge in [-0.15, -0.1) is 0 Å². The van der Waals surface area contributed by atoms with Gasteiger partial charge in [0.1, 0.15) is 10.9 Å². The van der Waals surface area contributed by atoms with Gasteiger partial charge in [-0.2, -0.15) is 13.2 Å². The van der Waals surface area contributed by atoms with Crippen molar-refractivity contribution in [2.45, 2.75) is 30.0 Å². The van der Waals surface area contributed by atoms with Crippen LogP contribution in [0.5, 0.6) is 0 Å². The first kappa shape index (κ1) is 22.2. The highest BCUT2D eigenvalue weighted by Crippen LogP contribution is 2.48. The summed E-state index contributed by atoms with van der Waals surface area (Å²) in [7, 11) is -6.10. The van der Waals surface area contributed by atoms with Gasteiger partial charge >= 0.3 is 5.51 Å². The Kier molecular flexibility index (Phi) is 6.69. The summed E-state index contributed by atoms with van der Waals surface area (Å²) in [5.41, 5.74) is -5.65. The predicted octanol–water partition coefficient (Wildman–Crippen LogP) is 6.06. The summed E-state index contributed by atoms with van der Waals surface area (Å²) in [6.45, 7) is 0. The maximum atomic E-state index is 10.7. The number of hydrogen-bond donors (Lipinski definition) is 0. The summed E-state index contributed by atoms with van der Waals surface area (Å²) < 4.78 is 60.0. The van der Waals surface area contributed by atoms with E-state index < -0.39 is 15.6 Å². The molecule has 0 saturated carbocycles. The molecule has 10 heteroatoms. The number of halogens is 4. The van der Waals surface area contributed by atoms with Crippen molar-refractivity contribution in [1.82, 2.24) is 0 Å². The minimum Gasteiger partial charge on any atom is -0.741 e. The molecule has 0 unspecified atom stereocenters. The second-order valence-electron chi connectivity index (χ2n) is 5.66. The van der Waals surface area contributed by atoms with Crippen molar-refractivity contribution in [1.29, 1.82) is 0 Å². The van der Waals surface area contributed by atoms with Crippen LogP contribution in [0.3, 0.4) is 0 Å². The fraction of sp³-hybridized carbons (Fsp3) is 0.0526. The monoisotopic (exact) mass is 520 g/mol. The van der Waals surface area contributed by atoms with Crippen molar-refractivity contribution in [2.24, 2.45) is 0 Å². The zero-order valence-electron chi connectivity index (χ0n) is 14.4. The third kappa shape index (κ3) is 5.18. The van der Waals surface area contributed by atoms with Crippen LogP contribution in [0.25, 0.3) is 0 Å². The lowest BCUT2D eigenvalue weighted by Crippen LogP contribution is -2.21. The molecule has 3 aromatic rings. The predicted molar refractivity (Wildman–Crippen MR) is 109 cm³/mol. The number of fused-ring (bicyclic) bond motifs is 2. The van der Waals surface area contributed by atoms with E-state index in [2.05, 4.69) is 88.7 Å². The summed E-state index contributed by atoms with van der Waals surface area (Å²) >= 11 is 5.41. The average molecular weight is 521 g/mol. The third-order valence-electron chi connectivity index (χ3n) is 3.69. The summed E-state index contributed by atoms with van der Waals surface area (Å²) in [5.74, 6) is 0. The molecule has 152 valence electrons. The van der Waals surface area contributed by atoms with Crippen LogP contribution in [0.15, 0.2) is 102 Å². The Morgan fingerprint density at radius 3 is 1.66 bits per heavy atom. The lowest BCUT2D eigenvalue weighted by molar-refractivity contribution is -0.0517. The van der Waals surface area contributed by atoms with Gasteiger partial charge in [-0.05, 0) is 48.5 Å². The van der Waals surface area contributed by atoms with Gasteiger partial charge in [0.2, 0.25) is 0 Å². The fourth-order valence-electron chi connectivity index (χ4n) is 2.47. The Balaban J connectivity index is 0.000000258. The van der Waals surface area contributed by atoms with Crippen LogP contribution >= 0.6 is 27.7 Å². The molecule has 0 N–H and O–H groups in total. The summed E-state index contributed by atoms with van der Waals surface area (Å²) in [5, 5.41) is 0. The molecular formula is C19H12BrF3O3S3. The normalized spacial score (nSPS) is 13.7. The van der Waals surface area contributed by atoms with Gasteiger partial charge in [-0.25, -0.2) is 8.42 Å². The topological polar surface area (TPSA) is 57.2 Å². The fourth-order valence-corrected chi connectivity index (χ4v) is 6.47. The summed E-state index contributed by atoms with van der Waals surface area (Å²) in [6.07, 6.45) is 0. The van der Waals surface area contributed by atoms with Gasteiger partial charge in [0.05, 0.1) is 9.79 Å². The standard InChI is InChI=1S/C18H12BrS2.CHF3O3S/c19-13-9-11-14(12-10-13)21-17-7-3-1-5-15(17)20-16-6-2-4-8-18(16)21;2-1(3,4)8(5,6)7/h1-12H;(H,5,6,7)/q+1;/p-1. The highest BCUT2D eigenvalue weighted by molar-refractivity contribution is 9.10. The van der Waals surface area contributed by atoms with Gasteiger partial charge in [0.25, 0.3) is 0 Å². The van der Waals surface area contributed by atoms with E-state index in [0.717, 1.165) is 4.47 Å². The quantitative estimate of drug-likeness (QED) is 0.174. The molecule has 0 atom stereocenters. The molecule has 1 aliphatic rings. The maximum absolute atomic E-state index is 10.7. The Bertz CT molecular complexity index is 1070. The van der Waals surface area contributed by atoms with E-state index in [9.17, 15) is 13.2 Å². The van der Waals surface area contributed by atoms with Gasteiger partial charge in [-0.3, -0.25) is 0 Å². The van der Waals surface area contributed by atoms with Gasteiger partial charge in [0, 0.05) is 4.47 Å². The molecule has 29 heavy (non-hydrogen) atoms. The van der Waals surface area contributed by atoms with Crippen LogP contribution < -0.4 is 0 Å². The molecule has 0 amide bonds. The van der Waals surface area contributed by atoms with E-state index in [1.165, 1.54) is 24.5 Å². The van der Waals surface area contributed by atoms with Gasteiger partial charge < -0.3 is 4.55 Å². The van der Waals surface area contributed by atoms with Crippen LogP contribution in [0, 0.1) is 0 Å². The molecule has 4 rings (SSSR count). The molecule has 3 nitrogen and oxygen atoms in total. The Hall–Kier alpha value is -1.46. The Labute approximate surface area is 181 Å². The number of alkyl halides is 3. The minimum atomic E-state index is -6.09. The molecule has 1 heterocycles. The SMILES string of the molecule is Brc1ccc([S+]2c3ccccc3Sc3ccccc32)cc1.O=S(=O)([O-])C(F)(F)F. The molecule has 1 aliphatic heterocycles. The van der Waals surface area contributed by atoms with E-state index in [1.807, 2.05) is 11.8 Å². The molecule has 0 spiro atoms. The van der Waals surface area contributed by atoms with Crippen molar-refractivity contribution in [3.05, 3.63) is 77.3 Å². The molecule has 0 aromatic heterocycles. The zero-order valence-corrected chi connectivity index (χ0v) is 18.4. The highest BCUT2D eigenvalue weighted by atomic mass is 79.9. The van der Waals surface area contributed by atoms with E-state index in [1.54, 1.807) is 0 Å². The van der Waals surface area contributed by atoms with Crippen molar-refractivity contribution < 1.29 is 26.1 Å². The smallest absolute Gasteiger partial charge is 0.485 e. The molecule has 0 saturated heterocycles. The number of hydrogen-bond acceptors (Lipinski definition) is 4. The lowest BCUT2D eigenvalue weighted by Gasteiger charge is -2.18. The molecule has 3 aromatic carbocycles. The second-order valence-corrected chi connectivity index (χ2v) is 11.0. The van der Waals surface area contributed by atoms with Gasteiger partial charge in [0.15, 0.2) is 24.8 Å². The first-order chi connectivity index (χ1) is 13.6.